The Morgan fingerprint density at radius 2 is 1.83 bits per heavy atom. The number of carbonyl (C=O) groups excluding carboxylic acids is 1. The Hall–Kier alpha value is -3.11. The van der Waals surface area contributed by atoms with Gasteiger partial charge in [0.1, 0.15) is 0 Å². The molecular formula is C19H20N4O5S. The Balaban J connectivity index is 1.74. The van der Waals surface area contributed by atoms with Crippen molar-refractivity contribution in [1.82, 2.24) is 9.73 Å². The first-order valence-corrected chi connectivity index (χ1v) is 10.5. The molecule has 9 nitrogen and oxygen atoms in total. The summed E-state index contributed by atoms with van der Waals surface area (Å²) in [5.74, 6) is -0.615. The lowest BCUT2D eigenvalue weighted by molar-refractivity contribution is -0.385. The van der Waals surface area contributed by atoms with Crippen molar-refractivity contribution in [2.75, 3.05) is 13.1 Å². The third kappa shape index (κ3) is 4.84. The van der Waals surface area contributed by atoms with Crippen LogP contribution in [-0.4, -0.2) is 42.9 Å². The van der Waals surface area contributed by atoms with Gasteiger partial charge in [-0.05, 0) is 37.1 Å². The number of hydrazone groups is 1. The zero-order chi connectivity index (χ0) is 20.9. The van der Waals surface area contributed by atoms with Crippen LogP contribution in [0.5, 0.6) is 0 Å². The van der Waals surface area contributed by atoms with Gasteiger partial charge in [-0.2, -0.15) is 9.41 Å². The first-order valence-electron chi connectivity index (χ1n) is 9.06. The fourth-order valence-electron chi connectivity index (χ4n) is 3.04. The van der Waals surface area contributed by atoms with E-state index in [1.807, 2.05) is 0 Å². The predicted octanol–water partition coefficient (Wildman–Crippen LogP) is 2.53. The lowest BCUT2D eigenvalue weighted by Gasteiger charge is -2.25. The van der Waals surface area contributed by atoms with Crippen molar-refractivity contribution in [2.24, 2.45) is 5.10 Å². The predicted molar refractivity (Wildman–Crippen MR) is 107 cm³/mol. The van der Waals surface area contributed by atoms with Crippen LogP contribution >= 0.6 is 0 Å². The van der Waals surface area contributed by atoms with Crippen molar-refractivity contribution in [1.29, 1.82) is 0 Å². The highest BCUT2D eigenvalue weighted by Crippen LogP contribution is 2.21. The van der Waals surface area contributed by atoms with E-state index in [1.165, 1.54) is 53.0 Å². The van der Waals surface area contributed by atoms with E-state index in [4.69, 9.17) is 0 Å². The van der Waals surface area contributed by atoms with Crippen molar-refractivity contribution in [2.45, 2.75) is 24.2 Å². The lowest BCUT2D eigenvalue weighted by Crippen LogP contribution is -2.35. The van der Waals surface area contributed by atoms with Crippen molar-refractivity contribution in [3.8, 4) is 0 Å². The number of amides is 1. The monoisotopic (exact) mass is 416 g/mol. The maximum absolute atomic E-state index is 12.8. The first kappa shape index (κ1) is 20.6. The average Bonchev–Trinajstić information content (AvgIpc) is 2.74. The van der Waals surface area contributed by atoms with Crippen LogP contribution in [0.4, 0.5) is 5.69 Å². The molecule has 0 unspecified atom stereocenters. The Labute approximate surface area is 168 Å². The molecule has 1 fully saturated rings. The maximum Gasteiger partial charge on any atom is 0.278 e. The summed E-state index contributed by atoms with van der Waals surface area (Å²) in [5.41, 5.74) is 2.50. The quantitative estimate of drug-likeness (QED) is 0.440. The topological polar surface area (TPSA) is 122 Å². The van der Waals surface area contributed by atoms with Gasteiger partial charge in [0.25, 0.3) is 11.6 Å². The van der Waals surface area contributed by atoms with Gasteiger partial charge in [0, 0.05) is 24.7 Å². The van der Waals surface area contributed by atoms with Crippen LogP contribution in [0.25, 0.3) is 0 Å². The molecule has 0 spiro atoms. The van der Waals surface area contributed by atoms with E-state index in [2.05, 4.69) is 10.5 Å². The SMILES string of the molecule is O=C(NN=Cc1ccccc1[N+](=O)[O-])c1cccc(S(=O)(=O)N2CCCCC2)c1. The smallest absolute Gasteiger partial charge is 0.267 e. The summed E-state index contributed by atoms with van der Waals surface area (Å²) in [4.78, 5) is 22.8. The van der Waals surface area contributed by atoms with Gasteiger partial charge in [-0.1, -0.05) is 24.6 Å². The van der Waals surface area contributed by atoms with Crippen LogP contribution in [0.1, 0.15) is 35.2 Å². The number of benzene rings is 2. The fraction of sp³-hybridized carbons (Fsp3) is 0.263. The minimum absolute atomic E-state index is 0.0507. The Kier molecular flexibility index (Phi) is 6.35. The van der Waals surface area contributed by atoms with E-state index in [1.54, 1.807) is 6.07 Å². The molecule has 29 heavy (non-hydrogen) atoms. The van der Waals surface area contributed by atoms with Crippen molar-refractivity contribution in [3.05, 3.63) is 69.8 Å². The van der Waals surface area contributed by atoms with Gasteiger partial charge in [-0.25, -0.2) is 13.8 Å². The van der Waals surface area contributed by atoms with E-state index < -0.39 is 20.9 Å². The summed E-state index contributed by atoms with van der Waals surface area (Å²) >= 11 is 0. The summed E-state index contributed by atoms with van der Waals surface area (Å²) in [6, 6.07) is 11.7. The standard InChI is InChI=1S/C19H20N4O5S/c24-19(21-20-14-16-7-2-3-10-18(16)23(25)26)15-8-6-9-17(13-15)29(27,28)22-11-4-1-5-12-22/h2-3,6-10,13-14H,1,4-5,11-12H2,(H,21,24). The molecule has 1 heterocycles. The van der Waals surface area contributed by atoms with Gasteiger partial charge >= 0.3 is 0 Å². The van der Waals surface area contributed by atoms with Gasteiger partial charge in [-0.15, -0.1) is 0 Å². The van der Waals surface area contributed by atoms with Gasteiger partial charge in [0.15, 0.2) is 0 Å². The fourth-order valence-corrected chi connectivity index (χ4v) is 4.60. The zero-order valence-corrected chi connectivity index (χ0v) is 16.3. The molecule has 152 valence electrons. The minimum atomic E-state index is -3.66. The molecule has 0 bridgehead atoms. The molecule has 3 rings (SSSR count). The third-order valence-corrected chi connectivity index (χ3v) is 6.45. The number of sulfonamides is 1. The van der Waals surface area contributed by atoms with E-state index in [0.717, 1.165) is 19.3 Å². The normalized spacial score (nSPS) is 15.3. The molecule has 2 aromatic rings. The molecule has 1 amide bonds. The number of nitrogens with one attached hydrogen (secondary N) is 1. The average molecular weight is 416 g/mol. The van der Waals surface area contributed by atoms with Crippen LogP contribution in [0.15, 0.2) is 58.5 Å². The van der Waals surface area contributed by atoms with Crippen molar-refractivity contribution < 1.29 is 18.1 Å². The number of nitro benzene ring substituents is 1. The summed E-state index contributed by atoms with van der Waals surface area (Å²) < 4.78 is 27.0. The number of nitrogens with zero attached hydrogens (tertiary/aromatic N) is 3. The number of nitro groups is 1. The number of carbonyl (C=O) groups is 1. The Morgan fingerprint density at radius 1 is 1.10 bits per heavy atom. The molecule has 10 heteroatoms. The molecule has 1 aliphatic heterocycles. The summed E-state index contributed by atoms with van der Waals surface area (Å²) in [6.45, 7) is 0.942. The van der Waals surface area contributed by atoms with Crippen molar-refractivity contribution >= 4 is 27.8 Å². The highest BCUT2D eigenvalue weighted by molar-refractivity contribution is 7.89. The van der Waals surface area contributed by atoms with Crippen LogP contribution in [-0.2, 0) is 10.0 Å². The van der Waals surface area contributed by atoms with Gasteiger partial charge < -0.3 is 0 Å². The molecule has 1 N–H and O–H groups in total. The van der Waals surface area contributed by atoms with Crippen LogP contribution in [0.2, 0.25) is 0 Å². The Bertz CT molecular complexity index is 1050. The molecule has 1 aliphatic rings. The third-order valence-electron chi connectivity index (χ3n) is 4.55. The van der Waals surface area contributed by atoms with Crippen LogP contribution in [0, 0.1) is 10.1 Å². The highest BCUT2D eigenvalue weighted by atomic mass is 32.2. The number of hydrogen-bond donors (Lipinski definition) is 1. The van der Waals surface area contributed by atoms with Gasteiger partial charge in [0.2, 0.25) is 10.0 Å². The van der Waals surface area contributed by atoms with E-state index in [0.29, 0.717) is 13.1 Å². The zero-order valence-electron chi connectivity index (χ0n) is 15.5. The van der Waals surface area contributed by atoms with E-state index >= 15 is 0 Å². The van der Waals surface area contributed by atoms with Crippen LogP contribution in [0.3, 0.4) is 0 Å². The Morgan fingerprint density at radius 3 is 2.55 bits per heavy atom. The number of hydrogen-bond acceptors (Lipinski definition) is 6. The number of piperidine rings is 1. The molecule has 0 atom stereocenters. The molecule has 0 radical (unpaired) electrons. The highest BCUT2D eigenvalue weighted by Gasteiger charge is 2.26. The summed E-state index contributed by atoms with van der Waals surface area (Å²) in [7, 11) is -3.66. The molecule has 0 aromatic heterocycles. The summed E-state index contributed by atoms with van der Waals surface area (Å²) in [6.07, 6.45) is 3.82. The molecular weight excluding hydrogens is 396 g/mol. The maximum atomic E-state index is 12.8. The molecule has 0 saturated carbocycles. The van der Waals surface area contributed by atoms with E-state index in [-0.39, 0.29) is 21.7 Å². The van der Waals surface area contributed by atoms with Gasteiger partial charge in [0.05, 0.1) is 21.6 Å². The molecule has 0 aliphatic carbocycles. The largest absolute Gasteiger partial charge is 0.278 e. The number of rotatable bonds is 6. The van der Waals surface area contributed by atoms with Crippen LogP contribution < -0.4 is 5.43 Å². The lowest BCUT2D eigenvalue weighted by atomic mass is 10.2. The minimum Gasteiger partial charge on any atom is -0.267 e. The van der Waals surface area contributed by atoms with E-state index in [9.17, 15) is 23.3 Å². The van der Waals surface area contributed by atoms with Crippen molar-refractivity contribution in [3.63, 3.8) is 0 Å². The first-order chi connectivity index (χ1) is 13.9. The summed E-state index contributed by atoms with van der Waals surface area (Å²) in [5, 5.41) is 14.8. The second kappa shape index (κ2) is 8.93. The second-order valence-corrected chi connectivity index (χ2v) is 8.45. The second-order valence-electron chi connectivity index (χ2n) is 6.51. The molecule has 2 aromatic carbocycles. The van der Waals surface area contributed by atoms with Gasteiger partial charge in [-0.3, -0.25) is 14.9 Å². The number of para-hydroxylation sites is 1. The molecule has 1 saturated heterocycles.